The zero-order chi connectivity index (χ0) is 11.0. The summed E-state index contributed by atoms with van der Waals surface area (Å²) in [6, 6.07) is 0.259. The zero-order valence-corrected chi connectivity index (χ0v) is 9.56. The van der Waals surface area contributed by atoms with Crippen molar-refractivity contribution in [1.82, 2.24) is 0 Å². The van der Waals surface area contributed by atoms with Gasteiger partial charge in [-0.1, -0.05) is 0 Å². The number of carbonyl (C=O) groups excluding carboxylic acids is 1. The molecule has 0 heterocycles. The van der Waals surface area contributed by atoms with Crippen LogP contribution in [-0.2, 0) is 15.6 Å². The highest BCUT2D eigenvalue weighted by Crippen LogP contribution is 1.77. The van der Waals surface area contributed by atoms with Crippen LogP contribution in [0.3, 0.4) is 0 Å². The number of rotatable bonds is 3. The van der Waals surface area contributed by atoms with Crippen LogP contribution in [0.5, 0.6) is 0 Å². The lowest BCUT2D eigenvalue weighted by Crippen LogP contribution is -2.35. The van der Waals surface area contributed by atoms with E-state index in [4.69, 9.17) is 11.5 Å². The molecule has 0 aromatic heterocycles. The van der Waals surface area contributed by atoms with Gasteiger partial charge in [0.25, 0.3) is 0 Å². The lowest BCUT2D eigenvalue weighted by atomic mass is 10.2. The van der Waals surface area contributed by atoms with E-state index in [0.29, 0.717) is 0 Å². The molecule has 80 valence electrons. The molecule has 3 unspecified atom stereocenters. The van der Waals surface area contributed by atoms with E-state index in [9.17, 15) is 9.00 Å². The van der Waals surface area contributed by atoms with Gasteiger partial charge in [0.05, 0.1) is 5.75 Å². The maximum atomic E-state index is 10.1. The smallest absolute Gasteiger partial charge is 0.142 e. The van der Waals surface area contributed by atoms with Gasteiger partial charge >= 0.3 is 0 Å². The molecule has 0 aliphatic carbocycles. The zero-order valence-electron chi connectivity index (χ0n) is 8.74. The highest BCUT2D eigenvalue weighted by atomic mass is 32.2. The van der Waals surface area contributed by atoms with Crippen molar-refractivity contribution in [2.45, 2.75) is 32.9 Å². The minimum atomic E-state index is -0.945. The first kappa shape index (κ1) is 15.2. The summed E-state index contributed by atoms with van der Waals surface area (Å²) >= 11 is 0. The van der Waals surface area contributed by atoms with Crippen molar-refractivity contribution in [1.29, 1.82) is 0 Å². The van der Waals surface area contributed by atoms with Crippen LogP contribution in [0, 0.1) is 0 Å². The molecular weight excluding hydrogens is 188 g/mol. The first-order chi connectivity index (χ1) is 5.77. The van der Waals surface area contributed by atoms with Gasteiger partial charge in [-0.2, -0.15) is 0 Å². The molecule has 0 aliphatic rings. The standard InChI is InChI=1S/C4H12N2.C4H8O2S/c1-3(5)4(2)6;1-4(5)3-7(2)6/h3-4H,5-6H2,1-2H3;3H2,1-2H3. The number of Topliss-reactive ketones (excluding diaryl/α,β-unsaturated/α-hetero) is 1. The Labute approximate surface area is 82.5 Å². The van der Waals surface area contributed by atoms with Crippen LogP contribution < -0.4 is 11.5 Å². The second-order valence-electron chi connectivity index (χ2n) is 3.14. The molecule has 0 fully saturated rings. The van der Waals surface area contributed by atoms with Crippen molar-refractivity contribution < 1.29 is 9.00 Å². The molecule has 0 amide bonds. The van der Waals surface area contributed by atoms with Crippen molar-refractivity contribution in [3.63, 3.8) is 0 Å². The lowest BCUT2D eigenvalue weighted by molar-refractivity contribution is -0.114. The quantitative estimate of drug-likeness (QED) is 0.663. The molecule has 13 heavy (non-hydrogen) atoms. The Morgan fingerprint density at radius 2 is 1.62 bits per heavy atom. The predicted octanol–water partition coefficient (Wildman–Crippen LogP) is -0.365. The summed E-state index contributed by atoms with van der Waals surface area (Å²) in [5.74, 6) is 0.181. The van der Waals surface area contributed by atoms with Crippen LogP contribution in [0.2, 0.25) is 0 Å². The molecule has 0 aliphatic heterocycles. The van der Waals surface area contributed by atoms with Crippen LogP contribution >= 0.6 is 0 Å². The fourth-order valence-corrected chi connectivity index (χ4v) is 0.859. The Balaban J connectivity index is 0. The van der Waals surface area contributed by atoms with Crippen LogP contribution in [-0.4, -0.2) is 34.1 Å². The predicted molar refractivity (Wildman–Crippen MR) is 56.9 cm³/mol. The highest BCUT2D eigenvalue weighted by Gasteiger charge is 1.96. The molecule has 0 rings (SSSR count). The molecule has 0 spiro atoms. The third-order valence-electron chi connectivity index (χ3n) is 1.24. The van der Waals surface area contributed by atoms with Crippen LogP contribution in [0.4, 0.5) is 0 Å². The Hall–Kier alpha value is -0.260. The minimum Gasteiger partial charge on any atom is -0.327 e. The Bertz CT molecular complexity index is 152. The third-order valence-corrected chi connectivity index (χ3v) is 2.05. The van der Waals surface area contributed by atoms with Crippen molar-refractivity contribution in [3.8, 4) is 0 Å². The van der Waals surface area contributed by atoms with E-state index in [-0.39, 0.29) is 23.6 Å². The summed E-state index contributed by atoms with van der Waals surface area (Å²) in [4.78, 5) is 10.1. The molecule has 0 aromatic carbocycles. The van der Waals surface area contributed by atoms with E-state index < -0.39 is 10.8 Å². The average Bonchev–Trinajstić information content (AvgIpc) is 1.84. The van der Waals surface area contributed by atoms with Crippen LogP contribution in [0.1, 0.15) is 20.8 Å². The molecule has 4 N–H and O–H groups in total. The number of nitrogens with two attached hydrogens (primary N) is 2. The van der Waals surface area contributed by atoms with E-state index in [1.54, 1.807) is 0 Å². The molecular formula is C8H20N2O2S. The van der Waals surface area contributed by atoms with Crippen molar-refractivity contribution >= 4 is 16.6 Å². The van der Waals surface area contributed by atoms with Crippen LogP contribution in [0.15, 0.2) is 0 Å². The normalized spacial score (nSPS) is 16.5. The highest BCUT2D eigenvalue weighted by molar-refractivity contribution is 7.85. The summed E-state index contributed by atoms with van der Waals surface area (Å²) in [7, 11) is -0.945. The second-order valence-corrected chi connectivity index (χ2v) is 4.57. The molecule has 5 heteroatoms. The largest absolute Gasteiger partial charge is 0.327 e. The van der Waals surface area contributed by atoms with E-state index >= 15 is 0 Å². The number of hydrogen-bond donors (Lipinski definition) is 2. The topological polar surface area (TPSA) is 86.2 Å². The first-order valence-corrected chi connectivity index (χ1v) is 5.80. The fourth-order valence-electron chi connectivity index (χ4n) is 0.286. The van der Waals surface area contributed by atoms with Gasteiger partial charge in [-0.05, 0) is 20.8 Å². The van der Waals surface area contributed by atoms with Gasteiger partial charge in [0.15, 0.2) is 0 Å². The van der Waals surface area contributed by atoms with Gasteiger partial charge in [0, 0.05) is 29.1 Å². The molecule has 0 radical (unpaired) electrons. The molecule has 0 saturated carbocycles. The number of ketones is 1. The van der Waals surface area contributed by atoms with E-state index in [2.05, 4.69) is 0 Å². The molecule has 0 aromatic rings. The van der Waals surface area contributed by atoms with Crippen molar-refractivity contribution in [2.24, 2.45) is 11.5 Å². The van der Waals surface area contributed by atoms with Crippen LogP contribution in [0.25, 0.3) is 0 Å². The fraction of sp³-hybridized carbons (Fsp3) is 0.875. The second kappa shape index (κ2) is 8.34. The SMILES string of the molecule is CC(=O)CS(C)=O.CC(N)C(C)N. The van der Waals surface area contributed by atoms with E-state index in [1.807, 2.05) is 13.8 Å². The Kier molecular flexibility index (Phi) is 9.77. The van der Waals surface area contributed by atoms with Gasteiger partial charge in [0.1, 0.15) is 5.78 Å². The molecule has 4 nitrogen and oxygen atoms in total. The van der Waals surface area contributed by atoms with Gasteiger partial charge < -0.3 is 11.5 Å². The number of carbonyl (C=O) groups is 1. The monoisotopic (exact) mass is 208 g/mol. The van der Waals surface area contributed by atoms with Gasteiger partial charge in [-0.25, -0.2) is 0 Å². The van der Waals surface area contributed by atoms with Gasteiger partial charge in [0.2, 0.25) is 0 Å². The van der Waals surface area contributed by atoms with Crippen molar-refractivity contribution in [2.75, 3.05) is 12.0 Å². The summed E-state index contributed by atoms with van der Waals surface area (Å²) in [5.41, 5.74) is 10.6. The first-order valence-electron chi connectivity index (χ1n) is 4.08. The third kappa shape index (κ3) is 18.6. The Morgan fingerprint density at radius 1 is 1.31 bits per heavy atom. The summed E-state index contributed by atoms with van der Waals surface area (Å²) < 4.78 is 10.1. The molecule has 0 bridgehead atoms. The van der Waals surface area contributed by atoms with Gasteiger partial charge in [-0.15, -0.1) is 0 Å². The number of hydrogen-bond acceptors (Lipinski definition) is 4. The molecule has 3 atom stereocenters. The van der Waals surface area contributed by atoms with E-state index in [0.717, 1.165) is 0 Å². The maximum Gasteiger partial charge on any atom is 0.142 e. The van der Waals surface area contributed by atoms with Crippen molar-refractivity contribution in [3.05, 3.63) is 0 Å². The maximum absolute atomic E-state index is 10.1. The summed E-state index contributed by atoms with van der Waals surface area (Å²) in [6.45, 7) is 5.22. The van der Waals surface area contributed by atoms with Gasteiger partial charge in [-0.3, -0.25) is 9.00 Å². The molecule has 0 saturated heterocycles. The summed E-state index contributed by atoms with van der Waals surface area (Å²) in [5, 5.41) is 0. The lowest BCUT2D eigenvalue weighted by Gasteiger charge is -2.06. The minimum absolute atomic E-state index is 0.0131. The summed E-state index contributed by atoms with van der Waals surface area (Å²) in [6.07, 6.45) is 1.52. The average molecular weight is 208 g/mol. The van der Waals surface area contributed by atoms with E-state index in [1.165, 1.54) is 13.2 Å². The Morgan fingerprint density at radius 3 is 1.62 bits per heavy atom.